The monoisotopic (exact) mass is 481 g/mol. The molecule has 3 heterocycles. The third-order valence-corrected chi connectivity index (χ3v) is 5.66. The van der Waals surface area contributed by atoms with Crippen LogP contribution in [0, 0.1) is 0 Å². The molecule has 3 aromatic rings. The van der Waals surface area contributed by atoms with Crippen molar-refractivity contribution >= 4 is 23.4 Å². The number of nitrogens with one attached hydrogen (secondary N) is 1. The molecule has 2 aromatic heterocycles. The lowest BCUT2D eigenvalue weighted by Gasteiger charge is -2.33. The van der Waals surface area contributed by atoms with Crippen LogP contribution in [0.15, 0.2) is 67.4 Å². The van der Waals surface area contributed by atoms with Crippen molar-refractivity contribution < 1.29 is 19.1 Å². The third-order valence-electron chi connectivity index (χ3n) is 5.45. The average molecular weight is 482 g/mol. The molecular weight excluding hydrogens is 458 g/mol. The van der Waals surface area contributed by atoms with Gasteiger partial charge in [0.1, 0.15) is 18.6 Å². The molecule has 3 N–H and O–H groups in total. The van der Waals surface area contributed by atoms with Gasteiger partial charge in [-0.3, -0.25) is 9.59 Å². The van der Waals surface area contributed by atoms with E-state index >= 15 is 0 Å². The van der Waals surface area contributed by atoms with Crippen LogP contribution < -0.4 is 11.1 Å². The van der Waals surface area contributed by atoms with Crippen LogP contribution in [0.1, 0.15) is 36.5 Å². The maximum absolute atomic E-state index is 13.4. The number of aromatic nitrogens is 3. The predicted molar refractivity (Wildman–Crippen MR) is 126 cm³/mol. The molecule has 9 nitrogen and oxygen atoms in total. The Bertz CT molecular complexity index is 1200. The van der Waals surface area contributed by atoms with Crippen molar-refractivity contribution in [3.63, 3.8) is 0 Å². The second-order valence-corrected chi connectivity index (χ2v) is 8.18. The summed E-state index contributed by atoms with van der Waals surface area (Å²) in [5.74, 6) is -2.92. The summed E-state index contributed by atoms with van der Waals surface area (Å²) >= 11 is 6.17. The van der Waals surface area contributed by atoms with Gasteiger partial charge in [0.2, 0.25) is 0 Å². The minimum absolute atomic E-state index is 0.169. The van der Waals surface area contributed by atoms with Crippen molar-refractivity contribution in [2.75, 3.05) is 0 Å². The molecule has 0 aliphatic carbocycles. The molecule has 1 unspecified atom stereocenters. The number of nitrogens with two attached hydrogens (primary N) is 1. The van der Waals surface area contributed by atoms with Crippen molar-refractivity contribution in [1.29, 1.82) is 0 Å². The van der Waals surface area contributed by atoms with E-state index in [-0.39, 0.29) is 16.4 Å². The van der Waals surface area contributed by atoms with Gasteiger partial charge in [0, 0.05) is 18.0 Å². The zero-order valence-electron chi connectivity index (χ0n) is 18.5. The van der Waals surface area contributed by atoms with E-state index < -0.39 is 23.6 Å². The quantitative estimate of drug-likeness (QED) is 0.481. The molecule has 4 rings (SSSR count). The molecule has 0 fully saturated rings. The van der Waals surface area contributed by atoms with Gasteiger partial charge in [0.25, 0.3) is 5.91 Å². The van der Waals surface area contributed by atoms with E-state index in [1.165, 1.54) is 29.5 Å². The Labute approximate surface area is 201 Å². The molecule has 1 atom stereocenters. The number of hydrogen-bond acceptors (Lipinski definition) is 6. The van der Waals surface area contributed by atoms with E-state index in [1.807, 2.05) is 43.3 Å². The van der Waals surface area contributed by atoms with Gasteiger partial charge in [-0.25, -0.2) is 9.67 Å². The summed E-state index contributed by atoms with van der Waals surface area (Å²) in [6, 6.07) is 12.1. The van der Waals surface area contributed by atoms with Crippen LogP contribution in [0.25, 0.3) is 17.1 Å². The van der Waals surface area contributed by atoms with Gasteiger partial charge in [-0.2, -0.15) is 5.10 Å². The fraction of sp³-hybridized carbons (Fsp3) is 0.250. The van der Waals surface area contributed by atoms with E-state index in [0.29, 0.717) is 12.8 Å². The molecule has 176 valence electrons. The number of carbonyl (C=O) groups excluding carboxylic acids is 2. The summed E-state index contributed by atoms with van der Waals surface area (Å²) < 4.78 is 12.4. The van der Waals surface area contributed by atoms with Crippen LogP contribution in [0.5, 0.6) is 0 Å². The highest BCUT2D eigenvalue weighted by molar-refractivity contribution is 6.30. The van der Waals surface area contributed by atoms with Crippen molar-refractivity contribution in [2.45, 2.75) is 38.0 Å². The Morgan fingerprint density at radius 1 is 1.21 bits per heavy atom. The van der Waals surface area contributed by atoms with Gasteiger partial charge in [-0.1, -0.05) is 61.7 Å². The minimum atomic E-state index is -1.83. The lowest BCUT2D eigenvalue weighted by atomic mass is 9.99. The zero-order chi connectivity index (χ0) is 24.1. The SMILES string of the molecule is CCCCC(NC(=O)c1cc(Cl)cnc1-n1ccc(-c2ccccc2)n1)C1(C(N)=O)OC=CO1. The number of carbonyl (C=O) groups is 2. The molecular formula is C24H24ClN5O4. The Morgan fingerprint density at radius 2 is 1.94 bits per heavy atom. The molecule has 0 saturated heterocycles. The van der Waals surface area contributed by atoms with Crippen molar-refractivity contribution in [3.05, 3.63) is 78.0 Å². The third kappa shape index (κ3) is 4.60. The van der Waals surface area contributed by atoms with E-state index in [4.69, 9.17) is 26.8 Å². The number of unbranched alkanes of at least 4 members (excludes halogenated alkanes) is 1. The number of benzene rings is 1. The van der Waals surface area contributed by atoms with Gasteiger partial charge in [0.15, 0.2) is 5.82 Å². The maximum atomic E-state index is 13.4. The van der Waals surface area contributed by atoms with Gasteiger partial charge in [0.05, 0.1) is 16.3 Å². The fourth-order valence-corrected chi connectivity index (χ4v) is 3.88. The normalized spacial score (nSPS) is 14.8. The second kappa shape index (κ2) is 9.96. The lowest BCUT2D eigenvalue weighted by molar-refractivity contribution is -0.182. The lowest BCUT2D eigenvalue weighted by Crippen LogP contribution is -2.60. The molecule has 1 aliphatic rings. The maximum Gasteiger partial charge on any atom is 0.351 e. The number of primary amides is 1. The second-order valence-electron chi connectivity index (χ2n) is 7.74. The molecule has 0 saturated carbocycles. The predicted octanol–water partition coefficient (Wildman–Crippen LogP) is 3.58. The van der Waals surface area contributed by atoms with Gasteiger partial charge < -0.3 is 20.5 Å². The summed E-state index contributed by atoms with van der Waals surface area (Å²) in [6.07, 6.45) is 7.54. The number of hydrogen-bond donors (Lipinski definition) is 2. The first kappa shape index (κ1) is 23.3. The first-order chi connectivity index (χ1) is 16.4. The molecule has 34 heavy (non-hydrogen) atoms. The zero-order valence-corrected chi connectivity index (χ0v) is 19.2. The summed E-state index contributed by atoms with van der Waals surface area (Å²) in [6.45, 7) is 1.99. The van der Waals surface area contributed by atoms with Gasteiger partial charge >= 0.3 is 11.7 Å². The van der Waals surface area contributed by atoms with Crippen LogP contribution in [-0.4, -0.2) is 38.4 Å². The van der Waals surface area contributed by atoms with Gasteiger partial charge in [-0.15, -0.1) is 0 Å². The average Bonchev–Trinajstić information content (AvgIpc) is 3.53. The van der Waals surface area contributed by atoms with E-state index in [2.05, 4.69) is 15.4 Å². The summed E-state index contributed by atoms with van der Waals surface area (Å²) in [7, 11) is 0. The topological polar surface area (TPSA) is 121 Å². The Hall–Kier alpha value is -3.85. The summed E-state index contributed by atoms with van der Waals surface area (Å²) in [5.41, 5.74) is 7.41. The van der Waals surface area contributed by atoms with Crippen LogP contribution >= 0.6 is 11.6 Å². The Morgan fingerprint density at radius 3 is 2.62 bits per heavy atom. The van der Waals surface area contributed by atoms with Crippen molar-refractivity contribution in [1.82, 2.24) is 20.1 Å². The van der Waals surface area contributed by atoms with Crippen LogP contribution in [0.3, 0.4) is 0 Å². The Kier molecular flexibility index (Phi) is 6.83. The largest absolute Gasteiger partial charge is 0.447 e. The highest BCUT2D eigenvalue weighted by atomic mass is 35.5. The number of nitrogens with zero attached hydrogens (tertiary/aromatic N) is 3. The first-order valence-corrected chi connectivity index (χ1v) is 11.2. The first-order valence-electron chi connectivity index (χ1n) is 10.8. The van der Waals surface area contributed by atoms with Crippen molar-refractivity contribution in [2.24, 2.45) is 5.73 Å². The number of pyridine rings is 1. The number of amides is 2. The highest BCUT2D eigenvalue weighted by Crippen LogP contribution is 2.28. The fourth-order valence-electron chi connectivity index (χ4n) is 3.73. The highest BCUT2D eigenvalue weighted by Gasteiger charge is 2.51. The van der Waals surface area contributed by atoms with Crippen LogP contribution in [0.4, 0.5) is 0 Å². The van der Waals surface area contributed by atoms with E-state index in [0.717, 1.165) is 17.7 Å². The molecule has 1 aliphatic heterocycles. The molecule has 1 aromatic carbocycles. The molecule has 10 heteroatoms. The molecule has 0 spiro atoms. The van der Waals surface area contributed by atoms with Gasteiger partial charge in [-0.05, 0) is 18.6 Å². The minimum Gasteiger partial charge on any atom is -0.447 e. The summed E-state index contributed by atoms with van der Waals surface area (Å²) in [5, 5.41) is 7.68. The number of ether oxygens (including phenoxy) is 2. The van der Waals surface area contributed by atoms with Crippen LogP contribution in [0.2, 0.25) is 5.02 Å². The standard InChI is InChI=1S/C24H24ClN5O4/c1-2-3-9-20(24(23(26)32)33-12-13-34-24)28-22(31)18-14-17(25)15-27-21(18)30-11-10-19(29-30)16-7-5-4-6-8-16/h4-8,10-15,20H,2-3,9H2,1H3,(H2,26,32)(H,28,31). The Balaban J connectivity index is 1.66. The van der Waals surface area contributed by atoms with E-state index in [9.17, 15) is 9.59 Å². The molecule has 0 radical (unpaired) electrons. The molecule has 2 amide bonds. The van der Waals surface area contributed by atoms with Crippen molar-refractivity contribution in [3.8, 4) is 17.1 Å². The number of rotatable bonds is 9. The number of halogens is 1. The van der Waals surface area contributed by atoms with Crippen LogP contribution in [-0.2, 0) is 14.3 Å². The smallest absolute Gasteiger partial charge is 0.351 e. The van der Waals surface area contributed by atoms with E-state index in [1.54, 1.807) is 6.20 Å². The molecule has 0 bridgehead atoms. The summed E-state index contributed by atoms with van der Waals surface area (Å²) in [4.78, 5) is 30.0.